The lowest BCUT2D eigenvalue weighted by molar-refractivity contribution is 0.410. The van der Waals surface area contributed by atoms with E-state index in [9.17, 15) is 0 Å². The Kier molecular flexibility index (Phi) is 2.35. The highest BCUT2D eigenvalue weighted by molar-refractivity contribution is 5.84. The van der Waals surface area contributed by atoms with Gasteiger partial charge < -0.3 is 4.74 Å². The highest BCUT2D eigenvalue weighted by atomic mass is 16.5. The monoisotopic (exact) mass is 201 g/mol. The van der Waals surface area contributed by atoms with Gasteiger partial charge in [-0.25, -0.2) is 4.98 Å². The molecule has 0 spiro atoms. The molecular weight excluding hydrogens is 186 g/mol. The summed E-state index contributed by atoms with van der Waals surface area (Å²) in [6.45, 7) is 6.16. The summed E-state index contributed by atoms with van der Waals surface area (Å²) in [7, 11) is 1.68. The Morgan fingerprint density at radius 2 is 1.80 bits per heavy atom. The second kappa shape index (κ2) is 3.54. The van der Waals surface area contributed by atoms with Crippen LogP contribution in [0.25, 0.3) is 10.9 Å². The van der Waals surface area contributed by atoms with E-state index >= 15 is 0 Å². The van der Waals surface area contributed by atoms with Gasteiger partial charge in [0.1, 0.15) is 5.75 Å². The molecule has 0 fully saturated rings. The molecule has 1 aromatic carbocycles. The summed E-state index contributed by atoms with van der Waals surface area (Å²) in [5.74, 6) is 0.856. The van der Waals surface area contributed by atoms with Crippen LogP contribution in [0.2, 0.25) is 0 Å². The second-order valence-electron chi connectivity index (χ2n) is 3.92. The van der Waals surface area contributed by atoms with Crippen LogP contribution < -0.4 is 4.74 Å². The van der Waals surface area contributed by atoms with Crippen LogP contribution in [0.1, 0.15) is 16.8 Å². The molecule has 0 amide bonds. The first kappa shape index (κ1) is 9.97. The summed E-state index contributed by atoms with van der Waals surface area (Å²) in [5.41, 5.74) is 4.48. The molecule has 2 nitrogen and oxygen atoms in total. The molecule has 2 aromatic rings. The van der Waals surface area contributed by atoms with Gasteiger partial charge in [-0.2, -0.15) is 0 Å². The molecule has 0 unspecified atom stereocenters. The van der Waals surface area contributed by atoms with Gasteiger partial charge in [-0.3, -0.25) is 0 Å². The zero-order chi connectivity index (χ0) is 11.0. The van der Waals surface area contributed by atoms with Crippen LogP contribution >= 0.6 is 0 Å². The van der Waals surface area contributed by atoms with E-state index in [1.807, 2.05) is 6.92 Å². The van der Waals surface area contributed by atoms with Crippen LogP contribution in [0.4, 0.5) is 0 Å². The van der Waals surface area contributed by atoms with E-state index in [4.69, 9.17) is 4.74 Å². The summed E-state index contributed by atoms with van der Waals surface area (Å²) in [6.07, 6.45) is 0. The van der Waals surface area contributed by atoms with Crippen LogP contribution in [-0.2, 0) is 0 Å². The van der Waals surface area contributed by atoms with Gasteiger partial charge in [-0.15, -0.1) is 0 Å². The van der Waals surface area contributed by atoms with E-state index in [1.165, 1.54) is 16.5 Å². The number of hydrogen-bond acceptors (Lipinski definition) is 2. The Hall–Kier alpha value is -1.57. The molecule has 2 rings (SSSR count). The quantitative estimate of drug-likeness (QED) is 0.707. The Morgan fingerprint density at radius 3 is 2.47 bits per heavy atom. The fraction of sp³-hybridized carbons (Fsp3) is 0.308. The Balaban J connectivity index is 2.81. The summed E-state index contributed by atoms with van der Waals surface area (Å²) >= 11 is 0. The number of nitrogens with zero attached hydrogens (tertiary/aromatic N) is 1. The van der Waals surface area contributed by atoms with E-state index in [1.54, 1.807) is 7.11 Å². The first-order chi connectivity index (χ1) is 7.11. The molecule has 0 saturated heterocycles. The predicted molar refractivity (Wildman–Crippen MR) is 62.5 cm³/mol. The van der Waals surface area contributed by atoms with Crippen molar-refractivity contribution >= 4 is 10.9 Å². The molecule has 0 aliphatic carbocycles. The lowest BCUT2D eigenvalue weighted by Gasteiger charge is -2.08. The van der Waals surface area contributed by atoms with E-state index in [-0.39, 0.29) is 0 Å². The molecule has 0 atom stereocenters. The lowest BCUT2D eigenvalue weighted by atomic mass is 10.1. The number of benzene rings is 1. The molecule has 0 radical (unpaired) electrons. The number of hydrogen-bond donors (Lipinski definition) is 0. The van der Waals surface area contributed by atoms with Crippen molar-refractivity contribution in [2.24, 2.45) is 0 Å². The number of aryl methyl sites for hydroxylation is 3. The number of fused-ring (bicyclic) bond motifs is 1. The van der Waals surface area contributed by atoms with Gasteiger partial charge in [0.2, 0.25) is 0 Å². The van der Waals surface area contributed by atoms with Crippen molar-refractivity contribution in [2.75, 3.05) is 7.11 Å². The Labute approximate surface area is 89.9 Å². The van der Waals surface area contributed by atoms with Crippen LogP contribution in [-0.4, -0.2) is 12.1 Å². The third-order valence-corrected chi connectivity index (χ3v) is 2.65. The predicted octanol–water partition coefficient (Wildman–Crippen LogP) is 3.17. The van der Waals surface area contributed by atoms with Crippen molar-refractivity contribution in [2.45, 2.75) is 20.8 Å². The van der Waals surface area contributed by atoms with Crippen LogP contribution in [0, 0.1) is 20.8 Å². The van der Waals surface area contributed by atoms with Gasteiger partial charge in [-0.05, 0) is 44.0 Å². The molecule has 0 N–H and O–H groups in total. The van der Waals surface area contributed by atoms with Crippen molar-refractivity contribution in [3.8, 4) is 5.75 Å². The van der Waals surface area contributed by atoms with E-state index < -0.39 is 0 Å². The molecule has 1 aromatic heterocycles. The van der Waals surface area contributed by atoms with Gasteiger partial charge in [0, 0.05) is 5.39 Å². The second-order valence-corrected chi connectivity index (χ2v) is 3.92. The zero-order valence-corrected chi connectivity index (χ0v) is 9.59. The average molecular weight is 201 g/mol. The smallest absolute Gasteiger partial charge is 0.140 e. The van der Waals surface area contributed by atoms with E-state index in [0.29, 0.717) is 0 Å². The Morgan fingerprint density at radius 1 is 1.07 bits per heavy atom. The summed E-state index contributed by atoms with van der Waals surface area (Å²) in [4.78, 5) is 4.54. The molecule has 0 aliphatic heterocycles. The number of ether oxygens (including phenoxy) is 1. The van der Waals surface area contributed by atoms with Gasteiger partial charge in [0.05, 0.1) is 18.3 Å². The molecule has 1 heterocycles. The lowest BCUT2D eigenvalue weighted by Crippen LogP contribution is -1.93. The van der Waals surface area contributed by atoms with Crippen molar-refractivity contribution in [3.63, 3.8) is 0 Å². The first-order valence-electron chi connectivity index (χ1n) is 5.04. The third kappa shape index (κ3) is 1.67. The molecular formula is C13H15NO. The topological polar surface area (TPSA) is 22.1 Å². The molecule has 15 heavy (non-hydrogen) atoms. The fourth-order valence-electron chi connectivity index (χ4n) is 1.91. The summed E-state index contributed by atoms with van der Waals surface area (Å²) < 4.78 is 5.28. The molecule has 0 aliphatic rings. The molecule has 0 saturated carbocycles. The van der Waals surface area contributed by atoms with Crippen LogP contribution in [0.15, 0.2) is 18.2 Å². The van der Waals surface area contributed by atoms with Crippen molar-refractivity contribution in [1.29, 1.82) is 0 Å². The maximum Gasteiger partial charge on any atom is 0.140 e. The van der Waals surface area contributed by atoms with Crippen molar-refractivity contribution in [1.82, 2.24) is 4.98 Å². The number of rotatable bonds is 1. The van der Waals surface area contributed by atoms with Gasteiger partial charge >= 0.3 is 0 Å². The van der Waals surface area contributed by atoms with Crippen molar-refractivity contribution in [3.05, 3.63) is 35.0 Å². The maximum atomic E-state index is 5.28. The van der Waals surface area contributed by atoms with Crippen molar-refractivity contribution < 1.29 is 4.74 Å². The van der Waals surface area contributed by atoms with E-state index in [2.05, 4.69) is 37.0 Å². The average Bonchev–Trinajstić information content (AvgIpc) is 2.16. The molecule has 2 heteroatoms. The number of pyridine rings is 1. The fourth-order valence-corrected chi connectivity index (χ4v) is 1.91. The summed E-state index contributed by atoms with van der Waals surface area (Å²) in [5, 5.41) is 1.17. The third-order valence-electron chi connectivity index (χ3n) is 2.65. The first-order valence-corrected chi connectivity index (χ1v) is 5.04. The Bertz CT molecular complexity index is 517. The normalized spacial score (nSPS) is 10.7. The SMILES string of the molecule is COc1cc2c(C)cc(C)cc2nc1C. The van der Waals surface area contributed by atoms with Gasteiger partial charge in [-0.1, -0.05) is 6.07 Å². The standard InChI is InChI=1S/C13H15NO/c1-8-5-9(2)11-7-13(15-4)10(3)14-12(11)6-8/h5-7H,1-4H3. The van der Waals surface area contributed by atoms with Gasteiger partial charge in [0.15, 0.2) is 0 Å². The number of methoxy groups -OCH3 is 1. The maximum absolute atomic E-state index is 5.28. The highest BCUT2D eigenvalue weighted by Gasteiger charge is 2.05. The van der Waals surface area contributed by atoms with Crippen LogP contribution in [0.5, 0.6) is 5.75 Å². The molecule has 0 bridgehead atoms. The van der Waals surface area contributed by atoms with Crippen LogP contribution in [0.3, 0.4) is 0 Å². The highest BCUT2D eigenvalue weighted by Crippen LogP contribution is 2.25. The number of aromatic nitrogens is 1. The van der Waals surface area contributed by atoms with E-state index in [0.717, 1.165) is 17.0 Å². The minimum Gasteiger partial charge on any atom is -0.495 e. The minimum absolute atomic E-state index is 0.856. The minimum atomic E-state index is 0.856. The zero-order valence-electron chi connectivity index (χ0n) is 9.59. The largest absolute Gasteiger partial charge is 0.495 e. The van der Waals surface area contributed by atoms with Gasteiger partial charge in [0.25, 0.3) is 0 Å². The summed E-state index contributed by atoms with van der Waals surface area (Å²) in [6, 6.07) is 6.33. The molecule has 78 valence electrons.